The molecule has 7 nitrogen and oxygen atoms in total. The number of hydrogen-bond donors (Lipinski definition) is 1. The number of ether oxygens (including phenoxy) is 1. The summed E-state index contributed by atoms with van der Waals surface area (Å²) in [6, 6.07) is 13.5. The molecule has 2 aliphatic heterocycles. The highest BCUT2D eigenvalue weighted by molar-refractivity contribution is 7.98. The van der Waals surface area contributed by atoms with E-state index in [0.29, 0.717) is 30.3 Å². The van der Waals surface area contributed by atoms with Crippen LogP contribution in [0.4, 0.5) is 5.13 Å². The second kappa shape index (κ2) is 8.51. The summed E-state index contributed by atoms with van der Waals surface area (Å²) in [5.74, 6) is 1.04. The Hall–Kier alpha value is -2.40. The van der Waals surface area contributed by atoms with Crippen molar-refractivity contribution in [2.75, 3.05) is 19.0 Å². The minimum absolute atomic E-state index is 0.149. The van der Waals surface area contributed by atoms with E-state index in [4.69, 9.17) is 4.74 Å². The highest BCUT2D eigenvalue weighted by Crippen LogP contribution is 2.44. The topological polar surface area (TPSA) is 88.6 Å². The molecule has 1 unspecified atom stereocenters. The first-order chi connectivity index (χ1) is 15.5. The average molecular weight is 488 g/mol. The maximum absolute atomic E-state index is 13.2. The van der Waals surface area contributed by atoms with Crippen LogP contribution in [0.5, 0.6) is 5.75 Å². The predicted octanol–water partition coefficient (Wildman–Crippen LogP) is 4.22. The molecule has 3 heterocycles. The van der Waals surface area contributed by atoms with Gasteiger partial charge in [-0.15, -0.1) is 23.1 Å². The van der Waals surface area contributed by atoms with Gasteiger partial charge in [0, 0.05) is 27.6 Å². The molecule has 3 aromatic rings. The molecule has 0 saturated carbocycles. The highest BCUT2D eigenvalue weighted by atomic mass is 32.2. The Morgan fingerprint density at radius 1 is 1.19 bits per heavy atom. The quantitative estimate of drug-likeness (QED) is 0.580. The van der Waals surface area contributed by atoms with E-state index < -0.39 is 16.1 Å². The largest absolute Gasteiger partial charge is 0.497 e. The molecule has 0 spiro atoms. The van der Waals surface area contributed by atoms with Crippen molar-refractivity contribution >= 4 is 44.2 Å². The van der Waals surface area contributed by atoms with E-state index in [9.17, 15) is 13.2 Å². The minimum atomic E-state index is -3.80. The van der Waals surface area contributed by atoms with Gasteiger partial charge in [-0.05, 0) is 43.2 Å². The van der Waals surface area contributed by atoms with E-state index in [-0.39, 0.29) is 10.8 Å². The van der Waals surface area contributed by atoms with Crippen LogP contribution in [0.15, 0.2) is 58.3 Å². The van der Waals surface area contributed by atoms with Crippen molar-refractivity contribution in [3.05, 3.63) is 53.4 Å². The number of fused-ring (bicyclic) bond motifs is 3. The lowest BCUT2D eigenvalue weighted by Gasteiger charge is -2.23. The van der Waals surface area contributed by atoms with Crippen molar-refractivity contribution in [1.29, 1.82) is 0 Å². The van der Waals surface area contributed by atoms with Crippen LogP contribution in [0.1, 0.15) is 17.7 Å². The van der Waals surface area contributed by atoms with E-state index in [1.807, 2.05) is 18.2 Å². The number of nitrogens with zero attached hydrogens (tertiary/aromatic N) is 2. The molecule has 1 saturated heterocycles. The molecule has 2 aliphatic rings. The summed E-state index contributed by atoms with van der Waals surface area (Å²) in [6.45, 7) is 0.310. The molecule has 1 fully saturated rings. The minimum Gasteiger partial charge on any atom is -0.497 e. The Balaban J connectivity index is 1.36. The number of amides is 1. The normalized spacial score (nSPS) is 18.1. The maximum atomic E-state index is 13.2. The van der Waals surface area contributed by atoms with Crippen molar-refractivity contribution in [2.24, 2.45) is 0 Å². The van der Waals surface area contributed by atoms with Gasteiger partial charge < -0.3 is 10.1 Å². The fraction of sp³-hybridized carbons (Fsp3) is 0.273. The molecule has 1 amide bonds. The smallest absolute Gasteiger partial charge is 0.244 e. The summed E-state index contributed by atoms with van der Waals surface area (Å²) in [6.07, 6.45) is 1.11. The molecular weight excluding hydrogens is 466 g/mol. The van der Waals surface area contributed by atoms with Crippen molar-refractivity contribution < 1.29 is 17.9 Å². The third-order valence-electron chi connectivity index (χ3n) is 5.60. The molecule has 1 aromatic heterocycles. The molecule has 32 heavy (non-hydrogen) atoms. The Bertz CT molecular complexity index is 1270. The number of benzene rings is 2. The van der Waals surface area contributed by atoms with Gasteiger partial charge in [-0.3, -0.25) is 4.79 Å². The van der Waals surface area contributed by atoms with E-state index in [1.54, 1.807) is 23.9 Å². The molecule has 1 N–H and O–H groups in total. The van der Waals surface area contributed by atoms with Crippen LogP contribution in [0.25, 0.3) is 11.3 Å². The Kier molecular flexibility index (Phi) is 5.70. The Labute approximate surface area is 194 Å². The average Bonchev–Trinajstić information content (AvgIpc) is 3.46. The molecule has 1 atom stereocenters. The second-order valence-electron chi connectivity index (χ2n) is 7.51. The third kappa shape index (κ3) is 3.81. The highest BCUT2D eigenvalue weighted by Gasteiger charge is 2.40. The zero-order valence-electron chi connectivity index (χ0n) is 17.3. The van der Waals surface area contributed by atoms with Gasteiger partial charge >= 0.3 is 0 Å². The molecular formula is C22H21N3O4S3. The summed E-state index contributed by atoms with van der Waals surface area (Å²) < 4.78 is 32.8. The summed E-state index contributed by atoms with van der Waals surface area (Å²) in [5.41, 5.74) is 1.97. The van der Waals surface area contributed by atoms with E-state index in [0.717, 1.165) is 21.9 Å². The lowest BCUT2D eigenvalue weighted by atomic mass is 10.1. The first-order valence-electron chi connectivity index (χ1n) is 10.2. The van der Waals surface area contributed by atoms with Crippen molar-refractivity contribution in [2.45, 2.75) is 34.4 Å². The van der Waals surface area contributed by atoms with E-state index in [1.165, 1.54) is 39.8 Å². The first-order valence-corrected chi connectivity index (χ1v) is 13.4. The third-order valence-corrected chi connectivity index (χ3v) is 9.78. The second-order valence-corrected chi connectivity index (χ2v) is 11.5. The monoisotopic (exact) mass is 487 g/mol. The molecule has 0 radical (unpaired) electrons. The van der Waals surface area contributed by atoms with Gasteiger partial charge in [0.25, 0.3) is 0 Å². The van der Waals surface area contributed by atoms with Gasteiger partial charge in [0.1, 0.15) is 11.8 Å². The fourth-order valence-electron chi connectivity index (χ4n) is 4.01. The lowest BCUT2D eigenvalue weighted by molar-refractivity contribution is -0.119. The van der Waals surface area contributed by atoms with Crippen LogP contribution >= 0.6 is 23.1 Å². The first kappa shape index (κ1) is 21.4. The number of carbonyl (C=O) groups excluding carboxylic acids is 1. The fourth-order valence-corrected chi connectivity index (χ4v) is 7.77. The van der Waals surface area contributed by atoms with Crippen LogP contribution < -0.4 is 10.1 Å². The summed E-state index contributed by atoms with van der Waals surface area (Å²) in [5, 5.41) is 3.38. The molecule has 10 heteroatoms. The van der Waals surface area contributed by atoms with Gasteiger partial charge in [0.05, 0.1) is 17.7 Å². The number of hydrogen-bond acceptors (Lipinski definition) is 7. The van der Waals surface area contributed by atoms with Crippen molar-refractivity contribution in [1.82, 2.24) is 9.29 Å². The van der Waals surface area contributed by atoms with Crippen LogP contribution in [-0.4, -0.2) is 43.3 Å². The number of thiazole rings is 1. The molecule has 0 bridgehead atoms. The number of carbonyl (C=O) groups is 1. The zero-order chi connectivity index (χ0) is 22.3. The Morgan fingerprint density at radius 2 is 1.97 bits per heavy atom. The molecule has 2 aromatic carbocycles. The molecule has 166 valence electrons. The van der Waals surface area contributed by atoms with Crippen molar-refractivity contribution in [3.63, 3.8) is 0 Å². The van der Waals surface area contributed by atoms with Gasteiger partial charge in [-0.2, -0.15) is 4.31 Å². The summed E-state index contributed by atoms with van der Waals surface area (Å²) in [4.78, 5) is 20.2. The lowest BCUT2D eigenvalue weighted by Crippen LogP contribution is -2.43. The van der Waals surface area contributed by atoms with Gasteiger partial charge in [0.2, 0.25) is 15.9 Å². The van der Waals surface area contributed by atoms with Crippen LogP contribution in [0, 0.1) is 0 Å². The number of aromatic nitrogens is 1. The zero-order valence-corrected chi connectivity index (χ0v) is 19.7. The van der Waals surface area contributed by atoms with Crippen LogP contribution in [0.2, 0.25) is 0 Å². The summed E-state index contributed by atoms with van der Waals surface area (Å²) in [7, 11) is -2.27. The molecule has 0 aliphatic carbocycles. The van der Waals surface area contributed by atoms with Gasteiger partial charge in [-0.1, -0.05) is 18.2 Å². The number of thioether (sulfide) groups is 1. The number of methoxy groups -OCH3 is 1. The van der Waals surface area contributed by atoms with Crippen LogP contribution in [0.3, 0.4) is 0 Å². The number of rotatable bonds is 5. The number of nitrogens with one attached hydrogen (secondary N) is 1. The standard InChI is InChI=1S/C22H21N3O4S3/c1-29-14-8-10-15(11-9-14)32(27,28)25-12-4-6-17(25)21(26)24-22-23-20-16-5-2-3-7-18(16)30-13-19(20)31-22/h2-3,5,7-11,17H,4,6,12-13H2,1H3,(H,23,24,26). The Morgan fingerprint density at radius 3 is 2.75 bits per heavy atom. The van der Waals surface area contributed by atoms with Gasteiger partial charge in [0.15, 0.2) is 5.13 Å². The maximum Gasteiger partial charge on any atom is 0.244 e. The van der Waals surface area contributed by atoms with Crippen molar-refractivity contribution in [3.8, 4) is 17.0 Å². The van der Waals surface area contributed by atoms with E-state index >= 15 is 0 Å². The predicted molar refractivity (Wildman–Crippen MR) is 126 cm³/mol. The van der Waals surface area contributed by atoms with Crippen LogP contribution in [-0.2, 0) is 20.6 Å². The van der Waals surface area contributed by atoms with Gasteiger partial charge in [-0.25, -0.2) is 13.4 Å². The SMILES string of the molecule is COc1ccc(S(=O)(=O)N2CCCC2C(=O)Nc2nc3c(s2)CSc2ccccc2-3)cc1. The number of sulfonamides is 1. The number of anilines is 1. The molecule has 5 rings (SSSR count). The van der Waals surface area contributed by atoms with E-state index in [2.05, 4.69) is 16.4 Å². The summed E-state index contributed by atoms with van der Waals surface area (Å²) >= 11 is 3.20.